The van der Waals surface area contributed by atoms with E-state index in [0.717, 1.165) is 18.5 Å². The highest BCUT2D eigenvalue weighted by Crippen LogP contribution is 2.13. The number of carbonyl (C=O) groups excluding carboxylic acids is 1. The first-order valence-corrected chi connectivity index (χ1v) is 7.34. The minimum Gasteiger partial charge on any atom is -0.382 e. The molecule has 0 spiro atoms. The molecule has 0 radical (unpaired) electrons. The molecule has 0 aliphatic rings. The molecule has 20 heavy (non-hydrogen) atoms. The summed E-state index contributed by atoms with van der Waals surface area (Å²) in [7, 11) is 0. The van der Waals surface area contributed by atoms with Crippen molar-refractivity contribution in [2.75, 3.05) is 25.0 Å². The molecule has 0 saturated heterocycles. The van der Waals surface area contributed by atoms with E-state index in [4.69, 9.17) is 5.73 Å². The van der Waals surface area contributed by atoms with Crippen LogP contribution in [0.4, 0.5) is 5.69 Å². The third kappa shape index (κ3) is 4.81. The molecule has 1 heterocycles. The Bertz CT molecular complexity index is 418. The molecule has 0 aromatic carbocycles. The summed E-state index contributed by atoms with van der Waals surface area (Å²) in [5, 5.41) is 3.38. The van der Waals surface area contributed by atoms with Crippen LogP contribution in [0.1, 0.15) is 44.1 Å². The van der Waals surface area contributed by atoms with Gasteiger partial charge in [0.2, 0.25) is 0 Å². The first kappa shape index (κ1) is 16.4. The summed E-state index contributed by atoms with van der Waals surface area (Å²) in [5.41, 5.74) is 6.93. The zero-order chi connectivity index (χ0) is 15.0. The van der Waals surface area contributed by atoms with Crippen LogP contribution in [0.5, 0.6) is 0 Å². The Morgan fingerprint density at radius 3 is 2.75 bits per heavy atom. The lowest BCUT2D eigenvalue weighted by atomic mass is 10.1. The zero-order valence-electron chi connectivity index (χ0n) is 12.7. The number of nitrogens with two attached hydrogens (primary N) is 1. The number of nitrogens with zero attached hydrogens (tertiary/aromatic N) is 2. The smallest absolute Gasteiger partial charge is 0.272 e. The molecule has 1 rings (SSSR count). The van der Waals surface area contributed by atoms with E-state index in [1.54, 1.807) is 11.1 Å². The molecular formula is C15H26N4O. The first-order valence-electron chi connectivity index (χ1n) is 7.34. The molecule has 1 aromatic heterocycles. The molecular weight excluding hydrogens is 252 g/mol. The van der Waals surface area contributed by atoms with Gasteiger partial charge in [0.15, 0.2) is 0 Å². The SMILES string of the molecule is CCN(CC)C(=O)c1cc(NC(C)CCCN)ccn1. The van der Waals surface area contributed by atoms with Gasteiger partial charge in [-0.25, -0.2) is 0 Å². The van der Waals surface area contributed by atoms with E-state index >= 15 is 0 Å². The maximum absolute atomic E-state index is 12.2. The maximum atomic E-state index is 12.2. The Hall–Kier alpha value is -1.62. The van der Waals surface area contributed by atoms with Crippen molar-refractivity contribution in [1.29, 1.82) is 0 Å². The number of aromatic nitrogens is 1. The van der Waals surface area contributed by atoms with E-state index in [1.807, 2.05) is 26.0 Å². The van der Waals surface area contributed by atoms with E-state index in [0.29, 0.717) is 31.4 Å². The second kappa shape index (κ2) is 8.53. The number of amides is 1. The van der Waals surface area contributed by atoms with Gasteiger partial charge in [0.1, 0.15) is 5.69 Å². The average Bonchev–Trinajstić information content (AvgIpc) is 2.46. The molecule has 5 nitrogen and oxygen atoms in total. The maximum Gasteiger partial charge on any atom is 0.272 e. The third-order valence-electron chi connectivity index (χ3n) is 3.28. The Morgan fingerprint density at radius 2 is 2.15 bits per heavy atom. The number of nitrogens with one attached hydrogen (secondary N) is 1. The highest BCUT2D eigenvalue weighted by Gasteiger charge is 2.14. The minimum absolute atomic E-state index is 0.0201. The van der Waals surface area contributed by atoms with Gasteiger partial charge in [-0.2, -0.15) is 0 Å². The van der Waals surface area contributed by atoms with Crippen LogP contribution in [-0.4, -0.2) is 41.5 Å². The van der Waals surface area contributed by atoms with Crippen molar-refractivity contribution in [3.63, 3.8) is 0 Å². The molecule has 1 amide bonds. The third-order valence-corrected chi connectivity index (χ3v) is 3.28. The fourth-order valence-corrected chi connectivity index (χ4v) is 2.09. The van der Waals surface area contributed by atoms with E-state index in [2.05, 4.69) is 17.2 Å². The molecule has 1 unspecified atom stereocenters. The zero-order valence-corrected chi connectivity index (χ0v) is 12.7. The van der Waals surface area contributed by atoms with Gasteiger partial charge < -0.3 is 16.0 Å². The lowest BCUT2D eigenvalue weighted by Gasteiger charge is -2.19. The van der Waals surface area contributed by atoms with Crippen molar-refractivity contribution in [1.82, 2.24) is 9.88 Å². The van der Waals surface area contributed by atoms with Crippen molar-refractivity contribution in [2.45, 2.75) is 39.7 Å². The molecule has 0 saturated carbocycles. The van der Waals surface area contributed by atoms with Crippen molar-refractivity contribution in [3.05, 3.63) is 24.0 Å². The van der Waals surface area contributed by atoms with Gasteiger partial charge >= 0.3 is 0 Å². The number of carbonyl (C=O) groups is 1. The largest absolute Gasteiger partial charge is 0.382 e. The normalized spacial score (nSPS) is 12.0. The summed E-state index contributed by atoms with van der Waals surface area (Å²) < 4.78 is 0. The van der Waals surface area contributed by atoms with E-state index in [9.17, 15) is 4.79 Å². The van der Waals surface area contributed by atoms with Crippen LogP contribution in [0.25, 0.3) is 0 Å². The lowest BCUT2D eigenvalue weighted by molar-refractivity contribution is 0.0767. The Balaban J connectivity index is 2.72. The fraction of sp³-hybridized carbons (Fsp3) is 0.600. The van der Waals surface area contributed by atoms with E-state index in [1.165, 1.54) is 0 Å². The van der Waals surface area contributed by atoms with Gasteiger partial charge in [-0.15, -0.1) is 0 Å². The summed E-state index contributed by atoms with van der Waals surface area (Å²) in [6.07, 6.45) is 3.68. The van der Waals surface area contributed by atoms with Crippen molar-refractivity contribution in [2.24, 2.45) is 5.73 Å². The standard InChI is InChI=1S/C15H26N4O/c1-4-19(5-2)15(20)14-11-13(8-10-17-14)18-12(3)7-6-9-16/h8,10-12H,4-7,9,16H2,1-3H3,(H,17,18). The first-order chi connectivity index (χ1) is 9.62. The molecule has 1 atom stereocenters. The molecule has 0 aliphatic carbocycles. The van der Waals surface area contributed by atoms with Gasteiger partial charge in [0, 0.05) is 31.0 Å². The van der Waals surface area contributed by atoms with Gasteiger partial charge in [0.05, 0.1) is 0 Å². The van der Waals surface area contributed by atoms with E-state index < -0.39 is 0 Å². The van der Waals surface area contributed by atoms with Crippen LogP contribution in [0.15, 0.2) is 18.3 Å². The second-order valence-electron chi connectivity index (χ2n) is 4.88. The number of hydrogen-bond donors (Lipinski definition) is 2. The van der Waals surface area contributed by atoms with Crippen molar-refractivity contribution < 1.29 is 4.79 Å². The van der Waals surface area contributed by atoms with Gasteiger partial charge in [0.25, 0.3) is 5.91 Å². The van der Waals surface area contributed by atoms with Crippen LogP contribution >= 0.6 is 0 Å². The molecule has 3 N–H and O–H groups in total. The lowest BCUT2D eigenvalue weighted by Crippen LogP contribution is -2.31. The number of pyridine rings is 1. The monoisotopic (exact) mass is 278 g/mol. The second-order valence-corrected chi connectivity index (χ2v) is 4.88. The Morgan fingerprint density at radius 1 is 1.45 bits per heavy atom. The molecule has 1 aromatic rings. The van der Waals surface area contributed by atoms with Crippen LogP contribution in [0, 0.1) is 0 Å². The number of rotatable bonds is 8. The average molecular weight is 278 g/mol. The summed E-state index contributed by atoms with van der Waals surface area (Å²) in [6.45, 7) is 8.15. The van der Waals surface area contributed by atoms with Crippen molar-refractivity contribution >= 4 is 11.6 Å². The summed E-state index contributed by atoms with van der Waals surface area (Å²) >= 11 is 0. The highest BCUT2D eigenvalue weighted by atomic mass is 16.2. The molecule has 0 bridgehead atoms. The number of anilines is 1. The summed E-state index contributed by atoms with van der Waals surface area (Å²) in [6, 6.07) is 4.04. The Kier molecular flexibility index (Phi) is 7.01. The van der Waals surface area contributed by atoms with Gasteiger partial charge in [-0.05, 0) is 52.3 Å². The predicted octanol–water partition coefficient (Wildman–Crippen LogP) is 2.10. The van der Waals surface area contributed by atoms with Crippen LogP contribution in [-0.2, 0) is 0 Å². The molecule has 112 valence electrons. The van der Waals surface area contributed by atoms with Crippen LogP contribution in [0.2, 0.25) is 0 Å². The molecule has 5 heteroatoms. The Labute approximate surface area is 121 Å². The number of hydrogen-bond acceptors (Lipinski definition) is 4. The molecule has 0 fully saturated rings. The predicted molar refractivity (Wildman–Crippen MR) is 82.9 cm³/mol. The highest BCUT2D eigenvalue weighted by molar-refractivity contribution is 5.93. The van der Waals surface area contributed by atoms with Crippen molar-refractivity contribution in [3.8, 4) is 0 Å². The van der Waals surface area contributed by atoms with Crippen LogP contribution in [0.3, 0.4) is 0 Å². The summed E-state index contributed by atoms with van der Waals surface area (Å²) in [4.78, 5) is 18.2. The van der Waals surface area contributed by atoms with Gasteiger partial charge in [-0.1, -0.05) is 0 Å². The minimum atomic E-state index is -0.0201. The summed E-state index contributed by atoms with van der Waals surface area (Å²) in [5.74, 6) is -0.0201. The van der Waals surface area contributed by atoms with Crippen LogP contribution < -0.4 is 11.1 Å². The topological polar surface area (TPSA) is 71.2 Å². The van der Waals surface area contributed by atoms with Gasteiger partial charge in [-0.3, -0.25) is 9.78 Å². The molecule has 0 aliphatic heterocycles. The fourth-order valence-electron chi connectivity index (χ4n) is 2.09. The quantitative estimate of drug-likeness (QED) is 0.764. The van der Waals surface area contributed by atoms with E-state index in [-0.39, 0.29) is 5.91 Å².